The van der Waals surface area contributed by atoms with Gasteiger partial charge in [-0.2, -0.15) is 0 Å². The molecular weight excluding hydrogens is 230 g/mol. The maximum atomic E-state index is 11.7. The van der Waals surface area contributed by atoms with E-state index >= 15 is 0 Å². The Balaban J connectivity index is 2.48. The zero-order valence-corrected chi connectivity index (χ0v) is 11.4. The molecule has 1 rings (SSSR count). The van der Waals surface area contributed by atoms with Crippen molar-refractivity contribution in [3.63, 3.8) is 0 Å². The maximum absolute atomic E-state index is 11.7. The molecule has 6 heteroatoms. The van der Waals surface area contributed by atoms with Gasteiger partial charge in [0.15, 0.2) is 0 Å². The van der Waals surface area contributed by atoms with Gasteiger partial charge in [-0.25, -0.2) is 9.97 Å². The van der Waals surface area contributed by atoms with Crippen molar-refractivity contribution in [3.8, 4) is 0 Å². The quantitative estimate of drug-likeness (QED) is 0.774. The molecule has 0 bridgehead atoms. The molecule has 0 spiro atoms. The number of nitrogens with zero attached hydrogens (tertiary/aromatic N) is 3. The first kappa shape index (κ1) is 14.4. The Kier molecular flexibility index (Phi) is 5.51. The summed E-state index contributed by atoms with van der Waals surface area (Å²) in [4.78, 5) is 21.9. The van der Waals surface area contributed by atoms with Crippen LogP contribution in [0, 0.1) is 0 Å². The molecule has 0 aliphatic heterocycles. The molecule has 0 unspecified atom stereocenters. The number of aromatic nitrogens is 2. The van der Waals surface area contributed by atoms with E-state index in [1.54, 1.807) is 0 Å². The van der Waals surface area contributed by atoms with E-state index in [1.165, 1.54) is 12.4 Å². The van der Waals surface area contributed by atoms with Gasteiger partial charge in [0.25, 0.3) is 5.91 Å². The summed E-state index contributed by atoms with van der Waals surface area (Å²) in [7, 11) is 3.92. The summed E-state index contributed by atoms with van der Waals surface area (Å²) < 4.78 is 0. The summed E-state index contributed by atoms with van der Waals surface area (Å²) in [6.07, 6.45) is 3.06. The van der Waals surface area contributed by atoms with Crippen LogP contribution in [0.3, 0.4) is 0 Å². The summed E-state index contributed by atoms with van der Waals surface area (Å²) in [5.41, 5.74) is 0.475. The highest BCUT2D eigenvalue weighted by Gasteiger charge is 2.06. The van der Waals surface area contributed by atoms with Gasteiger partial charge in [-0.1, -0.05) is 0 Å². The minimum Gasteiger partial charge on any atom is -0.352 e. The lowest BCUT2D eigenvalue weighted by molar-refractivity contribution is 0.0950. The van der Waals surface area contributed by atoms with Crippen molar-refractivity contribution >= 4 is 11.9 Å². The van der Waals surface area contributed by atoms with E-state index in [-0.39, 0.29) is 11.9 Å². The molecule has 6 nitrogen and oxygen atoms in total. The first-order valence-corrected chi connectivity index (χ1v) is 6.00. The van der Waals surface area contributed by atoms with Crippen molar-refractivity contribution in [2.45, 2.75) is 19.9 Å². The second kappa shape index (κ2) is 6.90. The van der Waals surface area contributed by atoms with Crippen LogP contribution in [0.25, 0.3) is 0 Å². The monoisotopic (exact) mass is 251 g/mol. The molecule has 100 valence electrons. The van der Waals surface area contributed by atoms with Crippen LogP contribution in [0.2, 0.25) is 0 Å². The molecule has 0 fully saturated rings. The molecule has 0 radical (unpaired) electrons. The smallest absolute Gasteiger partial charge is 0.254 e. The van der Waals surface area contributed by atoms with Crippen molar-refractivity contribution in [1.29, 1.82) is 0 Å². The Morgan fingerprint density at radius 2 is 1.94 bits per heavy atom. The molecule has 2 N–H and O–H groups in total. The fourth-order valence-corrected chi connectivity index (χ4v) is 1.27. The normalized spacial score (nSPS) is 10.8. The molecule has 0 saturated heterocycles. The molecule has 18 heavy (non-hydrogen) atoms. The summed E-state index contributed by atoms with van der Waals surface area (Å²) in [6.45, 7) is 5.42. The van der Waals surface area contributed by atoms with Crippen molar-refractivity contribution in [2.75, 3.05) is 32.5 Å². The van der Waals surface area contributed by atoms with E-state index in [4.69, 9.17) is 0 Å². The highest BCUT2D eigenvalue weighted by atomic mass is 16.1. The highest BCUT2D eigenvalue weighted by molar-refractivity contribution is 5.93. The van der Waals surface area contributed by atoms with Gasteiger partial charge < -0.3 is 15.5 Å². The minimum absolute atomic E-state index is 0.145. The fraction of sp³-hybridized carbons (Fsp3) is 0.583. The van der Waals surface area contributed by atoms with Crippen LogP contribution in [-0.4, -0.2) is 54.0 Å². The Morgan fingerprint density at radius 1 is 1.33 bits per heavy atom. The Morgan fingerprint density at radius 3 is 2.44 bits per heavy atom. The SMILES string of the molecule is CC(C)Nc1ncc(C(=O)NCCN(C)C)cn1. The van der Waals surface area contributed by atoms with Crippen LogP contribution in [0.1, 0.15) is 24.2 Å². The highest BCUT2D eigenvalue weighted by Crippen LogP contribution is 2.01. The minimum atomic E-state index is -0.145. The third-order valence-electron chi connectivity index (χ3n) is 2.18. The van der Waals surface area contributed by atoms with Gasteiger partial charge in [-0.05, 0) is 27.9 Å². The van der Waals surface area contributed by atoms with Crippen LogP contribution in [0.5, 0.6) is 0 Å². The first-order valence-electron chi connectivity index (χ1n) is 6.00. The maximum Gasteiger partial charge on any atom is 0.254 e. The lowest BCUT2D eigenvalue weighted by Gasteiger charge is -2.10. The molecule has 1 amide bonds. The lowest BCUT2D eigenvalue weighted by atomic mass is 10.3. The topological polar surface area (TPSA) is 70.2 Å². The number of carbonyl (C=O) groups excluding carboxylic acids is 1. The van der Waals surface area contributed by atoms with Crippen LogP contribution >= 0.6 is 0 Å². The average molecular weight is 251 g/mol. The molecule has 0 aromatic carbocycles. The van der Waals surface area contributed by atoms with Crippen molar-refractivity contribution in [1.82, 2.24) is 20.2 Å². The van der Waals surface area contributed by atoms with E-state index in [0.717, 1.165) is 6.54 Å². The van der Waals surface area contributed by atoms with E-state index in [2.05, 4.69) is 20.6 Å². The Labute approximate surface area is 108 Å². The van der Waals surface area contributed by atoms with Gasteiger partial charge in [0, 0.05) is 31.5 Å². The predicted molar refractivity (Wildman–Crippen MR) is 71.7 cm³/mol. The molecule has 0 aliphatic rings. The summed E-state index contributed by atoms with van der Waals surface area (Å²) >= 11 is 0. The van der Waals surface area contributed by atoms with Gasteiger partial charge in [-0.3, -0.25) is 4.79 Å². The van der Waals surface area contributed by atoms with E-state index in [1.807, 2.05) is 32.8 Å². The van der Waals surface area contributed by atoms with Crippen LogP contribution < -0.4 is 10.6 Å². The number of nitrogens with one attached hydrogen (secondary N) is 2. The third-order valence-corrected chi connectivity index (χ3v) is 2.18. The van der Waals surface area contributed by atoms with Crippen LogP contribution in [0.4, 0.5) is 5.95 Å². The molecule has 0 atom stereocenters. The average Bonchev–Trinajstić information content (AvgIpc) is 2.28. The summed E-state index contributed by atoms with van der Waals surface area (Å²) in [6, 6.07) is 0.268. The van der Waals surface area contributed by atoms with Crippen molar-refractivity contribution < 1.29 is 4.79 Å². The molecule has 1 aromatic heterocycles. The van der Waals surface area contributed by atoms with Crippen molar-refractivity contribution in [3.05, 3.63) is 18.0 Å². The molecule has 1 heterocycles. The van der Waals surface area contributed by atoms with Crippen LogP contribution in [-0.2, 0) is 0 Å². The van der Waals surface area contributed by atoms with Gasteiger partial charge in [0.05, 0.1) is 5.56 Å². The standard InChI is InChI=1S/C12H21N5O/c1-9(2)16-12-14-7-10(8-15-12)11(18)13-5-6-17(3)4/h7-9H,5-6H2,1-4H3,(H,13,18)(H,14,15,16). The Hall–Kier alpha value is -1.69. The third kappa shape index (κ3) is 5.09. The van der Waals surface area contributed by atoms with E-state index < -0.39 is 0 Å². The number of hydrogen-bond donors (Lipinski definition) is 2. The van der Waals surface area contributed by atoms with Gasteiger partial charge in [0.1, 0.15) is 0 Å². The zero-order valence-electron chi connectivity index (χ0n) is 11.4. The Bertz CT molecular complexity index is 375. The first-order chi connectivity index (χ1) is 8.49. The number of likely N-dealkylation sites (N-methyl/N-ethyl adjacent to an activating group) is 1. The largest absolute Gasteiger partial charge is 0.352 e. The van der Waals surface area contributed by atoms with Crippen LogP contribution in [0.15, 0.2) is 12.4 Å². The number of carbonyl (C=O) groups is 1. The zero-order chi connectivity index (χ0) is 13.5. The van der Waals surface area contributed by atoms with E-state index in [9.17, 15) is 4.79 Å². The second-order valence-electron chi connectivity index (χ2n) is 4.65. The summed E-state index contributed by atoms with van der Waals surface area (Å²) in [5.74, 6) is 0.391. The van der Waals surface area contributed by atoms with Gasteiger partial charge >= 0.3 is 0 Å². The number of amides is 1. The van der Waals surface area contributed by atoms with Crippen molar-refractivity contribution in [2.24, 2.45) is 0 Å². The van der Waals surface area contributed by atoms with Gasteiger partial charge in [0.2, 0.25) is 5.95 Å². The number of hydrogen-bond acceptors (Lipinski definition) is 5. The number of rotatable bonds is 6. The summed E-state index contributed by atoms with van der Waals surface area (Å²) in [5, 5.41) is 5.88. The van der Waals surface area contributed by atoms with E-state index in [0.29, 0.717) is 18.1 Å². The predicted octanol–water partition coefficient (Wildman–Crippen LogP) is 0.588. The molecule has 1 aromatic rings. The number of anilines is 1. The second-order valence-corrected chi connectivity index (χ2v) is 4.65. The molecule has 0 saturated carbocycles. The molecule has 0 aliphatic carbocycles. The molecular formula is C12H21N5O. The lowest BCUT2D eigenvalue weighted by Crippen LogP contribution is -2.31. The fourth-order valence-electron chi connectivity index (χ4n) is 1.27. The van der Waals surface area contributed by atoms with Gasteiger partial charge in [-0.15, -0.1) is 0 Å².